The smallest absolute Gasteiger partial charge is 0.277 e. The first-order chi connectivity index (χ1) is 12.1. The summed E-state index contributed by atoms with van der Waals surface area (Å²) in [5, 5.41) is 8.37. The van der Waals surface area contributed by atoms with Gasteiger partial charge < -0.3 is 13.7 Å². The fraction of sp³-hybridized carbons (Fsp3) is 0.278. The molecule has 0 aliphatic rings. The monoisotopic (exact) mass is 357 g/mol. The van der Waals surface area contributed by atoms with Gasteiger partial charge in [-0.25, -0.2) is 0 Å². The van der Waals surface area contributed by atoms with Crippen molar-refractivity contribution in [3.63, 3.8) is 0 Å². The van der Waals surface area contributed by atoms with Crippen LogP contribution < -0.4 is 4.90 Å². The maximum absolute atomic E-state index is 12.6. The highest BCUT2D eigenvalue weighted by molar-refractivity contribution is 7.99. The zero-order valence-corrected chi connectivity index (χ0v) is 15.2. The molecule has 7 heteroatoms. The molecular weight excluding hydrogens is 338 g/mol. The molecular formula is C18H19N3O3S. The lowest BCUT2D eigenvalue weighted by Crippen LogP contribution is -2.32. The quantitative estimate of drug-likeness (QED) is 0.619. The average molecular weight is 357 g/mol. The highest BCUT2D eigenvalue weighted by atomic mass is 32.2. The summed E-state index contributed by atoms with van der Waals surface area (Å²) >= 11 is 1.23. The molecule has 0 spiro atoms. The number of amides is 1. The molecule has 0 atom stereocenters. The van der Waals surface area contributed by atoms with Crippen molar-refractivity contribution in [2.75, 3.05) is 17.2 Å². The zero-order chi connectivity index (χ0) is 17.8. The third-order valence-electron chi connectivity index (χ3n) is 3.84. The van der Waals surface area contributed by atoms with E-state index in [0.717, 1.165) is 16.8 Å². The fourth-order valence-corrected chi connectivity index (χ4v) is 3.17. The van der Waals surface area contributed by atoms with Gasteiger partial charge in [0.25, 0.3) is 11.1 Å². The number of nitrogens with zero attached hydrogens (tertiary/aromatic N) is 3. The molecule has 1 amide bonds. The van der Waals surface area contributed by atoms with Gasteiger partial charge in [0, 0.05) is 12.2 Å². The van der Waals surface area contributed by atoms with Crippen molar-refractivity contribution in [1.82, 2.24) is 10.2 Å². The summed E-state index contributed by atoms with van der Waals surface area (Å²) in [6.45, 7) is 6.39. The van der Waals surface area contributed by atoms with E-state index < -0.39 is 0 Å². The van der Waals surface area contributed by atoms with E-state index in [9.17, 15) is 4.79 Å². The largest absolute Gasteiger partial charge is 0.469 e. The van der Waals surface area contributed by atoms with E-state index >= 15 is 0 Å². The second-order valence-electron chi connectivity index (χ2n) is 5.48. The minimum Gasteiger partial charge on any atom is -0.469 e. The number of thioether (sulfide) groups is 1. The van der Waals surface area contributed by atoms with Gasteiger partial charge in [0.05, 0.1) is 17.6 Å². The molecule has 2 aromatic heterocycles. The molecule has 25 heavy (non-hydrogen) atoms. The fourth-order valence-electron chi connectivity index (χ4n) is 2.53. The number of carbonyl (C=O) groups is 1. The number of hydrogen-bond acceptors (Lipinski definition) is 6. The van der Waals surface area contributed by atoms with Gasteiger partial charge in [-0.2, -0.15) is 0 Å². The van der Waals surface area contributed by atoms with Crippen LogP contribution in [0, 0.1) is 13.8 Å². The molecule has 3 aromatic rings. The minimum atomic E-state index is 0.000965. The number of furan rings is 1. The second-order valence-corrected chi connectivity index (χ2v) is 6.40. The van der Waals surface area contributed by atoms with Crippen molar-refractivity contribution in [3.05, 3.63) is 47.9 Å². The van der Waals surface area contributed by atoms with Crippen LogP contribution in [0.4, 0.5) is 5.69 Å². The Hall–Kier alpha value is -2.54. The Morgan fingerprint density at radius 3 is 2.68 bits per heavy atom. The summed E-state index contributed by atoms with van der Waals surface area (Å²) < 4.78 is 10.8. The first-order valence-electron chi connectivity index (χ1n) is 7.97. The maximum Gasteiger partial charge on any atom is 0.277 e. The molecule has 0 saturated heterocycles. The Morgan fingerprint density at radius 1 is 1.20 bits per heavy atom. The van der Waals surface area contributed by atoms with E-state index in [2.05, 4.69) is 10.2 Å². The van der Waals surface area contributed by atoms with Crippen LogP contribution >= 0.6 is 11.8 Å². The standard InChI is InChI=1S/C18H19N3O3S/c1-4-21(15-8-6-5-7-12(15)2)16(22)11-25-18-20-19-17(24-18)14-9-10-23-13(14)3/h5-10H,4,11H2,1-3H3. The molecule has 0 aliphatic heterocycles. The van der Waals surface area contributed by atoms with Crippen LogP contribution in [0.25, 0.3) is 11.5 Å². The van der Waals surface area contributed by atoms with Crippen LogP contribution in [0.5, 0.6) is 0 Å². The number of para-hydroxylation sites is 1. The molecule has 2 heterocycles. The van der Waals surface area contributed by atoms with Crippen LogP contribution in [0.3, 0.4) is 0 Å². The Morgan fingerprint density at radius 2 is 2.00 bits per heavy atom. The van der Waals surface area contributed by atoms with Gasteiger partial charge in [-0.15, -0.1) is 10.2 Å². The van der Waals surface area contributed by atoms with E-state index in [0.29, 0.717) is 23.4 Å². The summed E-state index contributed by atoms with van der Waals surface area (Å²) in [6.07, 6.45) is 1.58. The number of rotatable bonds is 6. The number of aryl methyl sites for hydroxylation is 2. The minimum absolute atomic E-state index is 0.000965. The summed E-state index contributed by atoms with van der Waals surface area (Å²) in [6, 6.07) is 9.62. The first-order valence-corrected chi connectivity index (χ1v) is 8.95. The van der Waals surface area contributed by atoms with Gasteiger partial charge in [0.2, 0.25) is 5.91 Å². The summed E-state index contributed by atoms with van der Waals surface area (Å²) in [5.41, 5.74) is 2.76. The number of carbonyl (C=O) groups excluding carboxylic acids is 1. The number of benzene rings is 1. The van der Waals surface area contributed by atoms with Gasteiger partial charge >= 0.3 is 0 Å². The van der Waals surface area contributed by atoms with Crippen molar-refractivity contribution < 1.29 is 13.6 Å². The van der Waals surface area contributed by atoms with Crippen LogP contribution in [-0.4, -0.2) is 28.4 Å². The van der Waals surface area contributed by atoms with Gasteiger partial charge in [0.15, 0.2) is 0 Å². The van der Waals surface area contributed by atoms with E-state index in [-0.39, 0.29) is 11.7 Å². The van der Waals surface area contributed by atoms with Crippen LogP contribution in [-0.2, 0) is 4.79 Å². The Labute approximate surface area is 150 Å². The van der Waals surface area contributed by atoms with Gasteiger partial charge in [-0.3, -0.25) is 4.79 Å². The predicted molar refractivity (Wildman–Crippen MR) is 96.7 cm³/mol. The lowest BCUT2D eigenvalue weighted by atomic mass is 10.2. The van der Waals surface area contributed by atoms with Gasteiger partial charge in [-0.05, 0) is 38.5 Å². The molecule has 0 unspecified atom stereocenters. The molecule has 0 saturated carbocycles. The van der Waals surface area contributed by atoms with Crippen molar-refractivity contribution in [1.29, 1.82) is 0 Å². The normalized spacial score (nSPS) is 10.8. The lowest BCUT2D eigenvalue weighted by Gasteiger charge is -2.22. The number of aromatic nitrogens is 2. The first kappa shape index (κ1) is 17.3. The maximum atomic E-state index is 12.6. The molecule has 3 rings (SSSR count). The van der Waals surface area contributed by atoms with E-state index in [1.165, 1.54) is 11.8 Å². The number of hydrogen-bond donors (Lipinski definition) is 0. The van der Waals surface area contributed by atoms with Crippen LogP contribution in [0.15, 0.2) is 50.7 Å². The van der Waals surface area contributed by atoms with Crippen molar-refractivity contribution in [3.8, 4) is 11.5 Å². The predicted octanol–water partition coefficient (Wildman–Crippen LogP) is 4.09. The molecule has 0 N–H and O–H groups in total. The molecule has 0 aliphatic carbocycles. The highest BCUT2D eigenvalue weighted by Crippen LogP contribution is 2.27. The molecule has 0 fully saturated rings. The molecule has 0 bridgehead atoms. The highest BCUT2D eigenvalue weighted by Gasteiger charge is 2.18. The van der Waals surface area contributed by atoms with Crippen molar-refractivity contribution in [2.45, 2.75) is 26.0 Å². The topological polar surface area (TPSA) is 72.4 Å². The Kier molecular flexibility index (Phi) is 5.23. The molecule has 130 valence electrons. The second kappa shape index (κ2) is 7.57. The zero-order valence-electron chi connectivity index (χ0n) is 14.4. The van der Waals surface area contributed by atoms with E-state index in [4.69, 9.17) is 8.83 Å². The number of anilines is 1. The van der Waals surface area contributed by atoms with E-state index in [1.807, 2.05) is 45.0 Å². The van der Waals surface area contributed by atoms with Gasteiger partial charge in [0.1, 0.15) is 5.76 Å². The molecule has 6 nitrogen and oxygen atoms in total. The van der Waals surface area contributed by atoms with Crippen LogP contribution in [0.1, 0.15) is 18.2 Å². The Balaban J connectivity index is 1.67. The average Bonchev–Trinajstić information content (AvgIpc) is 3.24. The molecule has 0 radical (unpaired) electrons. The van der Waals surface area contributed by atoms with Crippen LogP contribution in [0.2, 0.25) is 0 Å². The third kappa shape index (κ3) is 3.76. The summed E-state index contributed by atoms with van der Waals surface area (Å²) in [7, 11) is 0. The van der Waals surface area contributed by atoms with E-state index in [1.54, 1.807) is 17.2 Å². The molecule has 1 aromatic carbocycles. The SMILES string of the molecule is CCN(C(=O)CSc1nnc(-c2ccoc2C)o1)c1ccccc1C. The third-order valence-corrected chi connectivity index (χ3v) is 4.64. The lowest BCUT2D eigenvalue weighted by molar-refractivity contribution is -0.116. The summed E-state index contributed by atoms with van der Waals surface area (Å²) in [5.74, 6) is 1.34. The Bertz CT molecular complexity index is 872. The van der Waals surface area contributed by atoms with Gasteiger partial charge in [-0.1, -0.05) is 30.0 Å². The van der Waals surface area contributed by atoms with Crippen molar-refractivity contribution >= 4 is 23.4 Å². The van der Waals surface area contributed by atoms with Crippen molar-refractivity contribution in [2.24, 2.45) is 0 Å². The summed E-state index contributed by atoms with van der Waals surface area (Å²) in [4.78, 5) is 14.4.